The monoisotopic (exact) mass is 378 g/mol. The molecule has 2 heterocycles. The van der Waals surface area contributed by atoms with Gasteiger partial charge in [0.2, 0.25) is 0 Å². The highest BCUT2D eigenvalue weighted by molar-refractivity contribution is 7.91. The SMILES string of the molecule is O=S1(=O)C[C@@H]2[C@H](C1)N(Cc1cc(Cl)cc(Cl)c1)CCN2CCO. The minimum atomic E-state index is -3.04. The van der Waals surface area contributed by atoms with E-state index in [0.717, 1.165) is 18.7 Å². The minimum absolute atomic E-state index is 0.0435. The first-order valence-corrected chi connectivity index (χ1v) is 10.2. The van der Waals surface area contributed by atoms with Crippen LogP contribution in [0.3, 0.4) is 0 Å². The van der Waals surface area contributed by atoms with Crippen molar-refractivity contribution in [1.82, 2.24) is 9.80 Å². The van der Waals surface area contributed by atoms with E-state index in [4.69, 9.17) is 23.2 Å². The third-order valence-electron chi connectivity index (χ3n) is 4.60. The second-order valence-corrected chi connectivity index (χ2v) is 9.25. The van der Waals surface area contributed by atoms with Crippen molar-refractivity contribution < 1.29 is 13.5 Å². The topological polar surface area (TPSA) is 60.9 Å². The quantitative estimate of drug-likeness (QED) is 0.854. The third kappa shape index (κ3) is 4.00. The number of sulfone groups is 1. The molecule has 0 bridgehead atoms. The van der Waals surface area contributed by atoms with Crippen LogP contribution in [0.1, 0.15) is 5.56 Å². The molecule has 23 heavy (non-hydrogen) atoms. The van der Waals surface area contributed by atoms with Crippen LogP contribution in [-0.2, 0) is 16.4 Å². The summed E-state index contributed by atoms with van der Waals surface area (Å²) in [6.45, 7) is 2.72. The molecular weight excluding hydrogens is 359 g/mol. The number of piperazine rings is 1. The highest BCUT2D eigenvalue weighted by Gasteiger charge is 2.46. The molecule has 1 aromatic rings. The standard InChI is InChI=1S/C15H20Cl2N2O3S/c16-12-5-11(6-13(17)7-12)8-19-2-1-18(3-4-20)14-9-23(21,22)10-15(14)19/h5-7,14-15,20H,1-4,8-10H2/t14-,15+/m1/s1. The van der Waals surface area contributed by atoms with Gasteiger partial charge in [-0.15, -0.1) is 0 Å². The molecule has 128 valence electrons. The number of aliphatic hydroxyl groups excluding tert-OH is 1. The molecule has 0 saturated carbocycles. The van der Waals surface area contributed by atoms with Crippen molar-refractivity contribution in [2.75, 3.05) is 37.7 Å². The van der Waals surface area contributed by atoms with Crippen molar-refractivity contribution >= 4 is 33.0 Å². The van der Waals surface area contributed by atoms with Crippen molar-refractivity contribution in [3.63, 3.8) is 0 Å². The average molecular weight is 379 g/mol. The Morgan fingerprint density at radius 2 is 1.61 bits per heavy atom. The molecule has 2 aliphatic heterocycles. The van der Waals surface area contributed by atoms with E-state index in [-0.39, 0.29) is 30.2 Å². The van der Waals surface area contributed by atoms with E-state index in [2.05, 4.69) is 9.80 Å². The van der Waals surface area contributed by atoms with Gasteiger partial charge >= 0.3 is 0 Å². The van der Waals surface area contributed by atoms with Gasteiger partial charge in [0.05, 0.1) is 18.1 Å². The third-order valence-corrected chi connectivity index (χ3v) is 6.74. The molecule has 0 aliphatic carbocycles. The Morgan fingerprint density at radius 1 is 1.04 bits per heavy atom. The summed E-state index contributed by atoms with van der Waals surface area (Å²) in [5, 5.41) is 10.4. The Bertz CT molecular complexity index is 663. The van der Waals surface area contributed by atoms with Gasteiger partial charge in [0.15, 0.2) is 9.84 Å². The lowest BCUT2D eigenvalue weighted by molar-refractivity contribution is 0.0308. The molecule has 3 rings (SSSR count). The summed E-state index contributed by atoms with van der Waals surface area (Å²) in [7, 11) is -3.04. The average Bonchev–Trinajstić information content (AvgIpc) is 2.76. The lowest BCUT2D eigenvalue weighted by atomic mass is 10.0. The summed E-state index contributed by atoms with van der Waals surface area (Å²) < 4.78 is 24.2. The lowest BCUT2D eigenvalue weighted by Gasteiger charge is -2.43. The van der Waals surface area contributed by atoms with Gasteiger partial charge in [-0.05, 0) is 23.8 Å². The van der Waals surface area contributed by atoms with Crippen LogP contribution in [0, 0.1) is 0 Å². The number of β-amino-alcohol motifs (C(OH)–C–C–N with tert-alkyl or cyclic N) is 1. The summed E-state index contributed by atoms with van der Waals surface area (Å²) in [5.41, 5.74) is 0.987. The predicted molar refractivity (Wildman–Crippen MR) is 91.8 cm³/mol. The summed E-state index contributed by atoms with van der Waals surface area (Å²) in [6.07, 6.45) is 0. The molecular formula is C15H20Cl2N2O3S. The summed E-state index contributed by atoms with van der Waals surface area (Å²) in [5.74, 6) is 0.346. The zero-order valence-corrected chi connectivity index (χ0v) is 15.0. The fraction of sp³-hybridized carbons (Fsp3) is 0.600. The van der Waals surface area contributed by atoms with Crippen LogP contribution in [-0.4, -0.2) is 73.2 Å². The fourth-order valence-electron chi connectivity index (χ4n) is 3.64. The number of fused-ring (bicyclic) bond motifs is 1. The van der Waals surface area contributed by atoms with E-state index < -0.39 is 9.84 Å². The summed E-state index contributed by atoms with van der Waals surface area (Å²) >= 11 is 12.1. The maximum Gasteiger partial charge on any atom is 0.153 e. The Morgan fingerprint density at radius 3 is 2.22 bits per heavy atom. The van der Waals surface area contributed by atoms with E-state index in [9.17, 15) is 13.5 Å². The highest BCUT2D eigenvalue weighted by Crippen LogP contribution is 2.29. The Hall–Kier alpha value is -0.370. The number of rotatable bonds is 4. The van der Waals surface area contributed by atoms with Crippen molar-refractivity contribution in [2.45, 2.75) is 18.6 Å². The molecule has 0 radical (unpaired) electrons. The van der Waals surface area contributed by atoms with Gasteiger partial charge < -0.3 is 5.11 Å². The normalized spacial score (nSPS) is 28.0. The Balaban J connectivity index is 1.80. The van der Waals surface area contributed by atoms with E-state index in [1.54, 1.807) is 6.07 Å². The van der Waals surface area contributed by atoms with E-state index in [1.807, 2.05) is 12.1 Å². The first kappa shape index (κ1) is 17.5. The molecule has 5 nitrogen and oxygen atoms in total. The van der Waals surface area contributed by atoms with Gasteiger partial charge in [0, 0.05) is 48.3 Å². The molecule has 0 amide bonds. The van der Waals surface area contributed by atoms with Gasteiger partial charge in [-0.1, -0.05) is 23.2 Å². The van der Waals surface area contributed by atoms with E-state index >= 15 is 0 Å². The van der Waals surface area contributed by atoms with Gasteiger partial charge in [-0.3, -0.25) is 9.80 Å². The largest absolute Gasteiger partial charge is 0.395 e. The fourth-order valence-corrected chi connectivity index (χ4v) is 6.25. The van der Waals surface area contributed by atoms with Crippen LogP contribution in [0.25, 0.3) is 0 Å². The zero-order chi connectivity index (χ0) is 16.6. The van der Waals surface area contributed by atoms with Crippen molar-refractivity contribution in [3.8, 4) is 0 Å². The molecule has 2 atom stereocenters. The number of halogens is 2. The maximum atomic E-state index is 12.1. The van der Waals surface area contributed by atoms with Crippen LogP contribution in [0.5, 0.6) is 0 Å². The van der Waals surface area contributed by atoms with Crippen LogP contribution in [0.4, 0.5) is 0 Å². The number of hydrogen-bond acceptors (Lipinski definition) is 5. The molecule has 8 heteroatoms. The number of nitrogens with zero attached hydrogens (tertiary/aromatic N) is 2. The van der Waals surface area contributed by atoms with Crippen LogP contribution in [0.2, 0.25) is 10.0 Å². The molecule has 0 unspecified atom stereocenters. The van der Waals surface area contributed by atoms with Crippen molar-refractivity contribution in [3.05, 3.63) is 33.8 Å². The van der Waals surface area contributed by atoms with Crippen LogP contribution < -0.4 is 0 Å². The minimum Gasteiger partial charge on any atom is -0.395 e. The smallest absolute Gasteiger partial charge is 0.153 e. The van der Waals surface area contributed by atoms with Gasteiger partial charge in [-0.2, -0.15) is 0 Å². The number of hydrogen-bond donors (Lipinski definition) is 1. The Labute approximate surface area is 146 Å². The number of benzene rings is 1. The van der Waals surface area contributed by atoms with Crippen molar-refractivity contribution in [1.29, 1.82) is 0 Å². The summed E-state index contributed by atoms with van der Waals surface area (Å²) in [6, 6.07) is 5.33. The summed E-state index contributed by atoms with van der Waals surface area (Å²) in [4.78, 5) is 4.29. The molecule has 1 N–H and O–H groups in total. The van der Waals surface area contributed by atoms with Crippen LogP contribution in [0.15, 0.2) is 18.2 Å². The predicted octanol–water partition coefficient (Wildman–Crippen LogP) is 1.27. The van der Waals surface area contributed by atoms with Gasteiger partial charge in [0.1, 0.15) is 0 Å². The molecule has 2 aliphatic rings. The maximum absolute atomic E-state index is 12.1. The van der Waals surface area contributed by atoms with Crippen molar-refractivity contribution in [2.24, 2.45) is 0 Å². The number of aliphatic hydroxyl groups is 1. The first-order chi connectivity index (χ1) is 10.9. The van der Waals surface area contributed by atoms with Crippen LogP contribution >= 0.6 is 23.2 Å². The van der Waals surface area contributed by atoms with E-state index in [1.165, 1.54) is 0 Å². The first-order valence-electron chi connectivity index (χ1n) is 7.62. The second-order valence-electron chi connectivity index (χ2n) is 6.22. The molecule has 1 aromatic carbocycles. The zero-order valence-electron chi connectivity index (χ0n) is 12.7. The van der Waals surface area contributed by atoms with Gasteiger partial charge in [-0.25, -0.2) is 8.42 Å². The van der Waals surface area contributed by atoms with Gasteiger partial charge in [0.25, 0.3) is 0 Å². The lowest BCUT2D eigenvalue weighted by Crippen LogP contribution is -2.59. The molecule has 0 spiro atoms. The molecule has 0 aromatic heterocycles. The van der Waals surface area contributed by atoms with E-state index in [0.29, 0.717) is 23.1 Å². The highest BCUT2D eigenvalue weighted by atomic mass is 35.5. The Kier molecular flexibility index (Phi) is 5.21. The molecule has 2 saturated heterocycles. The second kappa shape index (κ2) is 6.86. The molecule has 2 fully saturated rings.